The van der Waals surface area contributed by atoms with Crippen LogP contribution in [-0.4, -0.2) is 75.7 Å². The number of rotatable bonds is 5. The topological polar surface area (TPSA) is 137 Å². The number of nitrogens with zero attached hydrogens (tertiary/aromatic N) is 4. The number of amides is 3. The molecule has 0 radical (unpaired) electrons. The van der Waals surface area contributed by atoms with Crippen molar-refractivity contribution in [3.8, 4) is 6.07 Å². The molecule has 3 amide bonds. The highest BCUT2D eigenvalue weighted by molar-refractivity contribution is 5.93. The van der Waals surface area contributed by atoms with E-state index >= 15 is 0 Å². The number of carbonyl (C=O) groups excluding carboxylic acids is 3. The largest absolute Gasteiger partial charge is 0.366 e. The van der Waals surface area contributed by atoms with Crippen molar-refractivity contribution in [2.45, 2.75) is 68.4 Å². The first-order valence-electron chi connectivity index (χ1n) is 11.8. The molecule has 7 atom stereocenters. The summed E-state index contributed by atoms with van der Waals surface area (Å²) in [6, 6.07) is 6.74. The number of benzene rings is 1. The average Bonchev–Trinajstić information content (AvgIpc) is 3.15. The first-order valence-corrected chi connectivity index (χ1v) is 11.8. The van der Waals surface area contributed by atoms with E-state index in [1.807, 2.05) is 17.0 Å². The minimum Gasteiger partial charge on any atom is -0.366 e. The zero-order valence-corrected chi connectivity index (χ0v) is 18.4. The van der Waals surface area contributed by atoms with E-state index < -0.39 is 11.9 Å². The van der Waals surface area contributed by atoms with Gasteiger partial charge in [0.2, 0.25) is 17.7 Å². The second-order valence-corrected chi connectivity index (χ2v) is 10.2. The second kappa shape index (κ2) is 7.27. The molecule has 1 aromatic carbocycles. The summed E-state index contributed by atoms with van der Waals surface area (Å²) in [4.78, 5) is 43.6. The van der Waals surface area contributed by atoms with Gasteiger partial charge in [-0.3, -0.25) is 19.3 Å². The fourth-order valence-corrected chi connectivity index (χ4v) is 6.75. The van der Waals surface area contributed by atoms with Gasteiger partial charge >= 0.3 is 0 Å². The summed E-state index contributed by atoms with van der Waals surface area (Å²) in [7, 11) is 0. The summed E-state index contributed by atoms with van der Waals surface area (Å²) in [5, 5.41) is 9.39. The van der Waals surface area contributed by atoms with E-state index in [4.69, 9.17) is 11.5 Å². The number of fused-ring (bicyclic) bond motifs is 4. The predicted molar refractivity (Wildman–Crippen MR) is 117 cm³/mol. The number of aryl methyl sites for hydroxylation is 1. The van der Waals surface area contributed by atoms with Crippen LogP contribution in [0.5, 0.6) is 0 Å². The van der Waals surface area contributed by atoms with Crippen molar-refractivity contribution in [2.24, 2.45) is 17.4 Å². The highest BCUT2D eigenvalue weighted by Crippen LogP contribution is 2.48. The van der Waals surface area contributed by atoms with Crippen molar-refractivity contribution < 1.29 is 14.4 Å². The zero-order valence-electron chi connectivity index (χ0n) is 18.4. The third kappa shape index (κ3) is 3.08. The van der Waals surface area contributed by atoms with Gasteiger partial charge in [-0.05, 0) is 61.3 Å². The quantitative estimate of drug-likeness (QED) is 0.645. The van der Waals surface area contributed by atoms with Crippen molar-refractivity contribution in [1.29, 1.82) is 5.26 Å². The molecular formula is C24H28N6O3. The Morgan fingerprint density at radius 2 is 2.03 bits per heavy atom. The van der Waals surface area contributed by atoms with E-state index in [0.29, 0.717) is 24.6 Å². The molecule has 0 spiro atoms. The van der Waals surface area contributed by atoms with Crippen LogP contribution in [0.1, 0.15) is 53.2 Å². The third-order valence-electron chi connectivity index (χ3n) is 8.38. The molecule has 3 saturated heterocycles. The van der Waals surface area contributed by atoms with Crippen LogP contribution in [0.4, 0.5) is 0 Å². The summed E-state index contributed by atoms with van der Waals surface area (Å²) in [6.45, 7) is 1.05. The van der Waals surface area contributed by atoms with Gasteiger partial charge < -0.3 is 21.3 Å². The monoisotopic (exact) mass is 448 g/mol. The van der Waals surface area contributed by atoms with E-state index in [1.54, 1.807) is 11.0 Å². The summed E-state index contributed by atoms with van der Waals surface area (Å²) in [6.07, 6.45) is 4.15. The molecule has 0 aromatic heterocycles. The highest BCUT2D eigenvalue weighted by atomic mass is 16.2. The van der Waals surface area contributed by atoms with Gasteiger partial charge in [-0.2, -0.15) is 5.26 Å². The number of hydrogen-bond donors (Lipinski definition) is 2. The Morgan fingerprint density at radius 1 is 1.21 bits per heavy atom. The summed E-state index contributed by atoms with van der Waals surface area (Å²) >= 11 is 0. The van der Waals surface area contributed by atoms with Crippen LogP contribution >= 0.6 is 0 Å². The van der Waals surface area contributed by atoms with Crippen molar-refractivity contribution in [2.75, 3.05) is 13.1 Å². The first kappa shape index (κ1) is 20.6. The molecule has 1 saturated carbocycles. The predicted octanol–water partition coefficient (Wildman–Crippen LogP) is -0.102. The van der Waals surface area contributed by atoms with Crippen LogP contribution < -0.4 is 11.5 Å². The number of primary amides is 1. The van der Waals surface area contributed by atoms with Crippen LogP contribution in [0.2, 0.25) is 0 Å². The SMILES string of the molecule is N#CC1CC2CC2N1C(=O)C(N)CN1C[C@@H]2CC1C(=O)N2[C@H]1CCc2cc(C(N)=O)ccc21. The Bertz CT molecular complexity index is 1100. The van der Waals surface area contributed by atoms with Gasteiger partial charge in [0.1, 0.15) is 6.04 Å². The number of nitriles is 1. The molecule has 5 aliphatic rings. The van der Waals surface area contributed by atoms with Crippen molar-refractivity contribution in [3.63, 3.8) is 0 Å². The Labute approximate surface area is 192 Å². The van der Waals surface area contributed by atoms with Gasteiger partial charge in [0.25, 0.3) is 0 Å². The zero-order chi connectivity index (χ0) is 23.0. The average molecular weight is 449 g/mol. The lowest BCUT2D eigenvalue weighted by Gasteiger charge is -2.38. The second-order valence-electron chi connectivity index (χ2n) is 10.2. The van der Waals surface area contributed by atoms with Crippen LogP contribution in [0.3, 0.4) is 0 Å². The van der Waals surface area contributed by atoms with Gasteiger partial charge in [0.15, 0.2) is 0 Å². The summed E-state index contributed by atoms with van der Waals surface area (Å²) in [5.41, 5.74) is 14.4. The van der Waals surface area contributed by atoms with Crippen LogP contribution in [0, 0.1) is 17.2 Å². The molecule has 4 N–H and O–H groups in total. The fourth-order valence-electron chi connectivity index (χ4n) is 6.75. The molecule has 4 fully saturated rings. The Kier molecular flexibility index (Phi) is 4.55. The number of likely N-dealkylation sites (tertiary alicyclic amines) is 3. The smallest absolute Gasteiger partial charge is 0.248 e. The lowest BCUT2D eigenvalue weighted by atomic mass is 10.0. The van der Waals surface area contributed by atoms with E-state index in [-0.39, 0.29) is 42.0 Å². The lowest BCUT2D eigenvalue weighted by molar-refractivity contribution is -0.141. The lowest BCUT2D eigenvalue weighted by Crippen LogP contribution is -2.57. The standard InChI is InChI=1S/C24H28N6O3/c25-9-15-6-14-7-20(14)29(15)23(32)18(26)11-28-10-16-8-21(28)24(33)30(16)19-4-2-12-5-13(22(27)31)1-3-17(12)19/h1,3,5,14-16,18-21H,2,4,6-8,10-11,26H2,(H2,27,31)/t14?,15?,16-,18?,19-,20?,21?/m0/s1. The normalized spacial score (nSPS) is 34.8. The number of hydrogen-bond acceptors (Lipinski definition) is 6. The van der Waals surface area contributed by atoms with Gasteiger partial charge in [0, 0.05) is 30.7 Å². The van der Waals surface area contributed by atoms with Gasteiger partial charge in [0.05, 0.1) is 24.2 Å². The third-order valence-corrected chi connectivity index (χ3v) is 8.38. The Hall–Kier alpha value is -2.96. The molecule has 6 rings (SSSR count). The minimum atomic E-state index is -0.722. The summed E-state index contributed by atoms with van der Waals surface area (Å²) in [5.74, 6) is -0.0435. The highest BCUT2D eigenvalue weighted by Gasteiger charge is 2.56. The number of piperidine rings is 1. The molecule has 1 aromatic rings. The van der Waals surface area contributed by atoms with Crippen LogP contribution in [-0.2, 0) is 16.0 Å². The molecular weight excluding hydrogens is 420 g/mol. The van der Waals surface area contributed by atoms with Crippen molar-refractivity contribution in [3.05, 3.63) is 34.9 Å². The van der Waals surface area contributed by atoms with E-state index in [0.717, 1.165) is 43.2 Å². The Morgan fingerprint density at radius 3 is 2.76 bits per heavy atom. The molecule has 5 unspecified atom stereocenters. The maximum atomic E-state index is 13.3. The van der Waals surface area contributed by atoms with Crippen LogP contribution in [0.15, 0.2) is 18.2 Å². The maximum Gasteiger partial charge on any atom is 0.248 e. The molecule has 172 valence electrons. The Balaban J connectivity index is 1.13. The summed E-state index contributed by atoms with van der Waals surface area (Å²) < 4.78 is 0. The van der Waals surface area contributed by atoms with Crippen LogP contribution in [0.25, 0.3) is 0 Å². The number of carbonyl (C=O) groups is 3. The van der Waals surface area contributed by atoms with Gasteiger partial charge in [-0.25, -0.2) is 0 Å². The van der Waals surface area contributed by atoms with E-state index in [1.165, 1.54) is 0 Å². The van der Waals surface area contributed by atoms with Crippen molar-refractivity contribution in [1.82, 2.24) is 14.7 Å². The molecule has 3 aliphatic heterocycles. The van der Waals surface area contributed by atoms with E-state index in [2.05, 4.69) is 11.0 Å². The maximum absolute atomic E-state index is 13.3. The molecule has 9 nitrogen and oxygen atoms in total. The first-order chi connectivity index (χ1) is 15.9. The fraction of sp³-hybridized carbons (Fsp3) is 0.583. The molecule has 3 heterocycles. The van der Waals surface area contributed by atoms with Gasteiger partial charge in [-0.15, -0.1) is 0 Å². The number of nitrogens with two attached hydrogens (primary N) is 2. The van der Waals surface area contributed by atoms with Gasteiger partial charge in [-0.1, -0.05) is 6.07 Å². The molecule has 33 heavy (non-hydrogen) atoms. The molecule has 2 bridgehead atoms. The van der Waals surface area contributed by atoms with Crippen molar-refractivity contribution >= 4 is 17.7 Å². The van der Waals surface area contributed by atoms with E-state index in [9.17, 15) is 19.6 Å². The molecule has 9 heteroatoms. The number of piperazine rings is 1. The molecule has 2 aliphatic carbocycles. The minimum absolute atomic E-state index is 0.0228.